The van der Waals surface area contributed by atoms with Crippen molar-refractivity contribution in [2.24, 2.45) is 0 Å². The maximum atomic E-state index is 12.9. The van der Waals surface area contributed by atoms with Crippen LogP contribution < -0.4 is 0 Å². The maximum absolute atomic E-state index is 12.9. The lowest BCUT2D eigenvalue weighted by atomic mass is 10.1. The third kappa shape index (κ3) is 10.4. The van der Waals surface area contributed by atoms with Gasteiger partial charge in [0.1, 0.15) is 18.8 Å². The second-order valence-electron chi connectivity index (χ2n) is 9.89. The van der Waals surface area contributed by atoms with Crippen LogP contribution in [0.2, 0.25) is 0 Å². The van der Waals surface area contributed by atoms with Gasteiger partial charge in [0, 0.05) is 34.4 Å². The van der Waals surface area contributed by atoms with Gasteiger partial charge in [-0.1, -0.05) is 7.43 Å². The molecule has 2 aromatic heterocycles. The molecule has 0 amide bonds. The molecule has 0 saturated carbocycles. The second-order valence-corrected chi connectivity index (χ2v) is 9.89. The lowest BCUT2D eigenvalue weighted by Crippen LogP contribution is -2.23. The van der Waals surface area contributed by atoms with Gasteiger partial charge in [-0.2, -0.15) is 62.9 Å². The van der Waals surface area contributed by atoms with Crippen molar-refractivity contribution in [2.45, 2.75) is 59.1 Å². The van der Waals surface area contributed by atoms with Crippen molar-refractivity contribution in [3.63, 3.8) is 0 Å². The van der Waals surface area contributed by atoms with Crippen LogP contribution in [0, 0.1) is 34.1 Å². The van der Waals surface area contributed by atoms with E-state index in [0.29, 0.717) is 12.1 Å². The Kier molecular flexibility index (Phi) is 11.5. The number of hydrogen-bond acceptors (Lipinski definition) is 6. The van der Waals surface area contributed by atoms with Gasteiger partial charge in [0.15, 0.2) is 5.69 Å². The molecule has 2 heterocycles. The number of aromatic nitrogens is 4. The summed E-state index contributed by atoms with van der Waals surface area (Å²) < 4.78 is 152. The molecule has 49 heavy (non-hydrogen) atoms. The van der Waals surface area contributed by atoms with Gasteiger partial charge in [-0.15, -0.1) is 0 Å². The Balaban J connectivity index is 0.000000333. The van der Waals surface area contributed by atoms with Crippen molar-refractivity contribution in [1.29, 1.82) is 0 Å². The minimum atomic E-state index is -5.02. The SMILES string of the molecule is C.Cc1cc(-c2cc(C(F)(F)F)n(CC(F)(F)F)n2)ccc1[N+](=O)[O-].Cc1cc(-c2cc(C(F)(F)F)nn2CC(F)(F)F)ccc1[N+](=O)[O-]. The number of nitro groups is 2. The number of hydrogen-bond donors (Lipinski definition) is 0. The molecule has 0 N–H and O–H groups in total. The molecule has 0 unspecified atom stereocenters. The number of benzene rings is 2. The highest BCUT2D eigenvalue weighted by Crippen LogP contribution is 2.36. The number of aryl methyl sites for hydroxylation is 2. The molecular weight excluding hydrogens is 700 g/mol. The topological polar surface area (TPSA) is 122 Å². The predicted octanol–water partition coefficient (Wildman–Crippen LogP) is 9.33. The molecule has 4 aromatic rings. The molecule has 0 bridgehead atoms. The zero-order chi connectivity index (χ0) is 36.6. The monoisotopic (exact) mass is 722 g/mol. The smallest absolute Gasteiger partial charge is 0.258 e. The Morgan fingerprint density at radius 1 is 0.633 bits per heavy atom. The number of rotatable bonds is 6. The van der Waals surface area contributed by atoms with Crippen LogP contribution in [0.1, 0.15) is 29.9 Å². The van der Waals surface area contributed by atoms with Crippen LogP contribution in [0.4, 0.5) is 64.1 Å². The fourth-order valence-electron chi connectivity index (χ4n) is 4.19. The number of halogens is 12. The molecule has 0 aliphatic carbocycles. The van der Waals surface area contributed by atoms with Crippen LogP contribution in [-0.4, -0.2) is 41.8 Å². The summed E-state index contributed by atoms with van der Waals surface area (Å²) in [4.78, 5) is 20.1. The van der Waals surface area contributed by atoms with E-state index in [2.05, 4.69) is 10.2 Å². The molecule has 4 rings (SSSR count). The molecular formula is C27H22F12N6O4. The Morgan fingerprint density at radius 3 is 1.49 bits per heavy atom. The molecule has 0 aliphatic rings. The number of nitro benzene ring substituents is 2. The normalized spacial score (nSPS) is 12.2. The van der Waals surface area contributed by atoms with E-state index in [1.54, 1.807) is 0 Å². The van der Waals surface area contributed by atoms with E-state index in [9.17, 15) is 72.9 Å². The van der Waals surface area contributed by atoms with E-state index >= 15 is 0 Å². The zero-order valence-corrected chi connectivity index (χ0v) is 23.9. The number of alkyl halides is 12. The highest BCUT2D eigenvalue weighted by molar-refractivity contribution is 5.65. The molecule has 0 fully saturated rings. The molecule has 10 nitrogen and oxygen atoms in total. The van der Waals surface area contributed by atoms with Crippen LogP contribution in [0.5, 0.6) is 0 Å². The van der Waals surface area contributed by atoms with Gasteiger partial charge >= 0.3 is 24.7 Å². The summed E-state index contributed by atoms with van der Waals surface area (Å²) in [6, 6.07) is 7.57. The van der Waals surface area contributed by atoms with Crippen molar-refractivity contribution in [1.82, 2.24) is 19.6 Å². The van der Waals surface area contributed by atoms with Crippen LogP contribution >= 0.6 is 0 Å². The summed E-state index contributed by atoms with van der Waals surface area (Å²) >= 11 is 0. The highest BCUT2D eigenvalue weighted by atomic mass is 19.4. The Labute approximate surface area is 266 Å². The van der Waals surface area contributed by atoms with E-state index < -0.39 is 64.7 Å². The minimum Gasteiger partial charge on any atom is -0.258 e. The van der Waals surface area contributed by atoms with E-state index in [4.69, 9.17) is 0 Å². The average molecular weight is 722 g/mol. The molecule has 22 heteroatoms. The zero-order valence-electron chi connectivity index (χ0n) is 23.9. The summed E-state index contributed by atoms with van der Waals surface area (Å²) in [5.41, 5.74) is -4.11. The summed E-state index contributed by atoms with van der Waals surface area (Å²) in [5, 5.41) is 27.8. The van der Waals surface area contributed by atoms with Crippen LogP contribution in [0.15, 0.2) is 48.5 Å². The van der Waals surface area contributed by atoms with Crippen LogP contribution in [0.25, 0.3) is 22.5 Å². The highest BCUT2D eigenvalue weighted by Gasteiger charge is 2.40. The Morgan fingerprint density at radius 2 is 1.08 bits per heavy atom. The third-order valence-corrected chi connectivity index (χ3v) is 6.18. The molecule has 0 spiro atoms. The van der Waals surface area contributed by atoms with Gasteiger partial charge in [0.2, 0.25) is 0 Å². The van der Waals surface area contributed by atoms with E-state index in [-0.39, 0.29) is 56.1 Å². The Hall–Kier alpha value is -5.18. The second kappa shape index (κ2) is 14.1. The molecule has 0 atom stereocenters. The van der Waals surface area contributed by atoms with Crippen LogP contribution in [0.3, 0.4) is 0 Å². The molecule has 0 aliphatic heterocycles. The maximum Gasteiger partial charge on any atom is 0.435 e. The number of nitrogens with zero attached hydrogens (tertiary/aromatic N) is 6. The lowest BCUT2D eigenvalue weighted by molar-refractivity contribution is -0.385. The van der Waals surface area contributed by atoms with Crippen molar-refractivity contribution >= 4 is 11.4 Å². The van der Waals surface area contributed by atoms with E-state index in [1.165, 1.54) is 19.9 Å². The average Bonchev–Trinajstić information content (AvgIpc) is 3.51. The fourth-order valence-corrected chi connectivity index (χ4v) is 4.19. The molecule has 0 radical (unpaired) electrons. The summed E-state index contributed by atoms with van der Waals surface area (Å²) in [5.74, 6) is 0. The third-order valence-electron chi connectivity index (χ3n) is 6.18. The van der Waals surface area contributed by atoms with Gasteiger partial charge in [0.25, 0.3) is 11.4 Å². The molecule has 0 saturated heterocycles. The first kappa shape index (κ1) is 40.0. The van der Waals surface area contributed by atoms with Gasteiger partial charge in [0.05, 0.1) is 21.2 Å². The van der Waals surface area contributed by atoms with Crippen LogP contribution in [-0.2, 0) is 25.4 Å². The fraction of sp³-hybridized carbons (Fsp3) is 0.333. The lowest BCUT2D eigenvalue weighted by Gasteiger charge is -2.11. The van der Waals surface area contributed by atoms with Crippen molar-refractivity contribution in [3.8, 4) is 22.5 Å². The quantitative estimate of drug-likeness (QED) is 0.111. The summed E-state index contributed by atoms with van der Waals surface area (Å²) in [6.45, 7) is -0.919. The van der Waals surface area contributed by atoms with Gasteiger partial charge < -0.3 is 0 Å². The Bertz CT molecular complexity index is 1820. The largest absolute Gasteiger partial charge is 0.435 e. The minimum absolute atomic E-state index is 0. The van der Waals surface area contributed by atoms with Gasteiger partial charge in [-0.3, -0.25) is 29.6 Å². The first-order chi connectivity index (χ1) is 21.8. The summed E-state index contributed by atoms with van der Waals surface area (Å²) in [7, 11) is 0. The molecule has 268 valence electrons. The standard InChI is InChI=1S/2C13H9F6N3O2.CH4/c1-7-4-8(2-3-10(7)22(23)24)9-5-11(13(17,18)19)21(20-9)6-12(14,15)16;1-7-4-8(2-3-9(7)22(23)24)10-5-11(13(17,18)19)20-21(10)6-12(14,15)16;/h2*2-5H,6H2,1H3;1H4. The first-order valence-corrected chi connectivity index (χ1v) is 12.7. The van der Waals surface area contributed by atoms with Crippen molar-refractivity contribution < 1.29 is 62.5 Å². The van der Waals surface area contributed by atoms with Gasteiger partial charge in [-0.05, 0) is 50.2 Å². The first-order valence-electron chi connectivity index (χ1n) is 12.7. The van der Waals surface area contributed by atoms with Crippen molar-refractivity contribution in [2.75, 3.05) is 0 Å². The van der Waals surface area contributed by atoms with E-state index in [0.717, 1.165) is 30.3 Å². The van der Waals surface area contributed by atoms with E-state index in [1.807, 2.05) is 0 Å². The van der Waals surface area contributed by atoms with Gasteiger partial charge in [-0.25, -0.2) is 0 Å². The predicted molar refractivity (Wildman–Crippen MR) is 147 cm³/mol. The van der Waals surface area contributed by atoms with Crippen molar-refractivity contribution in [3.05, 3.63) is 91.3 Å². The summed E-state index contributed by atoms with van der Waals surface area (Å²) in [6.07, 6.45) is -19.6. The molecule has 2 aromatic carbocycles.